The molecule has 6 nitrogen and oxygen atoms in total. The molecule has 0 unspecified atom stereocenters. The first-order chi connectivity index (χ1) is 9.99. The molecule has 4 N–H and O–H groups in total. The summed E-state index contributed by atoms with van der Waals surface area (Å²) < 4.78 is 1.83. The lowest BCUT2D eigenvalue weighted by Gasteiger charge is -2.05. The number of hydrogen-bond donors (Lipinski definition) is 2. The Morgan fingerprint density at radius 2 is 1.95 bits per heavy atom. The number of fused-ring (bicyclic) bond motifs is 1. The number of anilines is 2. The summed E-state index contributed by atoms with van der Waals surface area (Å²) in [7, 11) is 0. The van der Waals surface area contributed by atoms with E-state index in [2.05, 4.69) is 15.1 Å². The van der Waals surface area contributed by atoms with Gasteiger partial charge >= 0.3 is 0 Å². The number of aromatic nitrogens is 4. The van der Waals surface area contributed by atoms with E-state index in [0.717, 1.165) is 10.9 Å². The Kier molecular flexibility index (Phi) is 3.17. The Morgan fingerprint density at radius 3 is 2.62 bits per heavy atom. The van der Waals surface area contributed by atoms with Crippen molar-refractivity contribution in [2.24, 2.45) is 0 Å². The van der Waals surface area contributed by atoms with Gasteiger partial charge in [-0.2, -0.15) is 5.10 Å². The summed E-state index contributed by atoms with van der Waals surface area (Å²) >= 11 is 6.10. The van der Waals surface area contributed by atoms with Crippen LogP contribution in [0.15, 0.2) is 24.5 Å². The first-order valence-electron chi connectivity index (χ1n) is 6.53. The van der Waals surface area contributed by atoms with Crippen LogP contribution in [0.5, 0.6) is 0 Å². The monoisotopic (exact) mass is 302 g/mol. The second-order valence-electron chi connectivity index (χ2n) is 5.08. The fraction of sp³-hybridized carbons (Fsp3) is 0.214. The van der Waals surface area contributed by atoms with Gasteiger partial charge in [-0.15, -0.1) is 0 Å². The van der Waals surface area contributed by atoms with Gasteiger partial charge in [0.25, 0.3) is 0 Å². The van der Waals surface area contributed by atoms with Gasteiger partial charge in [0.15, 0.2) is 5.65 Å². The molecule has 2 aromatic heterocycles. The number of nitrogens with zero attached hydrogens (tertiary/aromatic N) is 4. The van der Waals surface area contributed by atoms with Gasteiger partial charge in [-0.1, -0.05) is 17.7 Å². The first kappa shape index (κ1) is 13.6. The van der Waals surface area contributed by atoms with Gasteiger partial charge in [-0.25, -0.2) is 14.6 Å². The standard InChI is InChI=1S/C14H15ClN6/c1-7(2)21-14-11(13(17)18-6-19-14)12(20-21)8-3-4-10(16)9(15)5-8/h3-7H,16H2,1-2H3,(H2,17,18,19). The molecule has 0 aliphatic heterocycles. The summed E-state index contributed by atoms with van der Waals surface area (Å²) in [5.74, 6) is 0.398. The number of halogens is 1. The van der Waals surface area contributed by atoms with Crippen LogP contribution in [0.1, 0.15) is 19.9 Å². The molecule has 3 aromatic rings. The van der Waals surface area contributed by atoms with Crippen LogP contribution in [0, 0.1) is 0 Å². The highest BCUT2D eigenvalue weighted by atomic mass is 35.5. The third kappa shape index (κ3) is 2.17. The van der Waals surface area contributed by atoms with Gasteiger partial charge in [0.2, 0.25) is 0 Å². The Bertz CT molecular complexity index is 824. The molecule has 0 saturated heterocycles. The fourth-order valence-electron chi connectivity index (χ4n) is 2.23. The van der Waals surface area contributed by atoms with Crippen molar-refractivity contribution in [1.82, 2.24) is 19.7 Å². The van der Waals surface area contributed by atoms with Crippen molar-refractivity contribution in [3.05, 3.63) is 29.5 Å². The Hall–Kier alpha value is -2.34. The van der Waals surface area contributed by atoms with Gasteiger partial charge in [-0.05, 0) is 26.0 Å². The smallest absolute Gasteiger partial charge is 0.164 e. The lowest BCUT2D eigenvalue weighted by atomic mass is 10.1. The molecule has 0 aliphatic rings. The van der Waals surface area contributed by atoms with Crippen LogP contribution >= 0.6 is 11.6 Å². The molecule has 1 aromatic carbocycles. The number of nitrogen functional groups attached to an aromatic ring is 2. The third-order valence-corrected chi connectivity index (χ3v) is 3.61. The minimum absolute atomic E-state index is 0.153. The molecular formula is C14H15ClN6. The second kappa shape index (κ2) is 4.89. The van der Waals surface area contributed by atoms with Gasteiger partial charge in [0.05, 0.1) is 16.1 Å². The van der Waals surface area contributed by atoms with Crippen molar-refractivity contribution in [3.8, 4) is 11.3 Å². The first-order valence-corrected chi connectivity index (χ1v) is 6.91. The SMILES string of the molecule is CC(C)n1nc(-c2ccc(N)c(Cl)c2)c2c(N)ncnc21. The molecule has 3 rings (SSSR count). The van der Waals surface area contributed by atoms with Crippen molar-refractivity contribution in [2.75, 3.05) is 11.5 Å². The van der Waals surface area contributed by atoms with Crippen molar-refractivity contribution in [3.63, 3.8) is 0 Å². The molecule has 7 heteroatoms. The van der Waals surface area contributed by atoms with E-state index in [1.807, 2.05) is 24.6 Å². The highest BCUT2D eigenvalue weighted by molar-refractivity contribution is 6.33. The molecular weight excluding hydrogens is 288 g/mol. The summed E-state index contributed by atoms with van der Waals surface area (Å²) in [4.78, 5) is 8.36. The molecule has 2 heterocycles. The van der Waals surface area contributed by atoms with E-state index in [0.29, 0.717) is 27.9 Å². The van der Waals surface area contributed by atoms with Gasteiger partial charge < -0.3 is 11.5 Å². The zero-order valence-corrected chi connectivity index (χ0v) is 12.5. The van der Waals surface area contributed by atoms with Gasteiger partial charge in [0, 0.05) is 11.6 Å². The van der Waals surface area contributed by atoms with Crippen LogP contribution in [0.2, 0.25) is 5.02 Å². The fourth-order valence-corrected chi connectivity index (χ4v) is 2.41. The quantitative estimate of drug-likeness (QED) is 0.710. The molecule has 0 fully saturated rings. The lowest BCUT2D eigenvalue weighted by molar-refractivity contribution is 0.548. The Morgan fingerprint density at radius 1 is 1.19 bits per heavy atom. The number of hydrogen-bond acceptors (Lipinski definition) is 5. The average molecular weight is 303 g/mol. The van der Waals surface area contributed by atoms with E-state index in [9.17, 15) is 0 Å². The number of rotatable bonds is 2. The van der Waals surface area contributed by atoms with E-state index in [1.54, 1.807) is 12.1 Å². The molecule has 0 aliphatic carbocycles. The maximum absolute atomic E-state index is 6.10. The van der Waals surface area contributed by atoms with Gasteiger partial charge in [-0.3, -0.25) is 0 Å². The van der Waals surface area contributed by atoms with Crippen LogP contribution in [0.4, 0.5) is 11.5 Å². The summed E-state index contributed by atoms with van der Waals surface area (Å²) in [6, 6.07) is 5.54. The average Bonchev–Trinajstić information content (AvgIpc) is 2.83. The lowest BCUT2D eigenvalue weighted by Crippen LogP contribution is -2.04. The zero-order valence-electron chi connectivity index (χ0n) is 11.7. The minimum Gasteiger partial charge on any atom is -0.398 e. The molecule has 0 radical (unpaired) electrons. The summed E-state index contributed by atoms with van der Waals surface area (Å²) in [6.45, 7) is 4.06. The van der Waals surface area contributed by atoms with Crippen molar-refractivity contribution in [1.29, 1.82) is 0 Å². The molecule has 0 bridgehead atoms. The topological polar surface area (TPSA) is 95.6 Å². The van der Waals surface area contributed by atoms with E-state index < -0.39 is 0 Å². The minimum atomic E-state index is 0.153. The van der Waals surface area contributed by atoms with Crippen LogP contribution < -0.4 is 11.5 Å². The van der Waals surface area contributed by atoms with Gasteiger partial charge in [0.1, 0.15) is 17.8 Å². The van der Waals surface area contributed by atoms with Crippen molar-refractivity contribution >= 4 is 34.1 Å². The van der Waals surface area contributed by atoms with E-state index in [4.69, 9.17) is 23.1 Å². The summed E-state index contributed by atoms with van der Waals surface area (Å²) in [5.41, 5.74) is 14.5. The van der Waals surface area contributed by atoms with Crippen LogP contribution in [-0.2, 0) is 0 Å². The highest BCUT2D eigenvalue weighted by Gasteiger charge is 2.18. The second-order valence-corrected chi connectivity index (χ2v) is 5.49. The summed E-state index contributed by atoms with van der Waals surface area (Å²) in [5, 5.41) is 5.84. The third-order valence-electron chi connectivity index (χ3n) is 3.28. The van der Waals surface area contributed by atoms with Crippen molar-refractivity contribution in [2.45, 2.75) is 19.9 Å². The molecule has 21 heavy (non-hydrogen) atoms. The number of nitrogens with two attached hydrogens (primary N) is 2. The molecule has 108 valence electrons. The Balaban J connectivity index is 2.34. The largest absolute Gasteiger partial charge is 0.398 e. The number of benzene rings is 1. The van der Waals surface area contributed by atoms with Crippen LogP contribution in [0.3, 0.4) is 0 Å². The van der Waals surface area contributed by atoms with E-state index in [1.165, 1.54) is 6.33 Å². The molecule has 0 spiro atoms. The van der Waals surface area contributed by atoms with Crippen LogP contribution in [-0.4, -0.2) is 19.7 Å². The molecule has 0 amide bonds. The van der Waals surface area contributed by atoms with E-state index >= 15 is 0 Å². The Labute approximate surface area is 126 Å². The zero-order chi connectivity index (χ0) is 15.1. The van der Waals surface area contributed by atoms with Crippen molar-refractivity contribution < 1.29 is 0 Å². The predicted octanol–water partition coefficient (Wildman–Crippen LogP) is 2.89. The molecule has 0 atom stereocenters. The maximum atomic E-state index is 6.10. The summed E-state index contributed by atoms with van der Waals surface area (Å²) in [6.07, 6.45) is 1.44. The molecule has 0 saturated carbocycles. The normalized spacial score (nSPS) is 11.4. The maximum Gasteiger partial charge on any atom is 0.164 e. The van der Waals surface area contributed by atoms with Crippen LogP contribution in [0.25, 0.3) is 22.3 Å². The predicted molar refractivity (Wildman–Crippen MR) is 85.0 cm³/mol. The highest BCUT2D eigenvalue weighted by Crippen LogP contribution is 2.33. The van der Waals surface area contributed by atoms with E-state index in [-0.39, 0.29) is 6.04 Å².